The van der Waals surface area contributed by atoms with Gasteiger partial charge in [-0.2, -0.15) is 10.5 Å². The van der Waals surface area contributed by atoms with Gasteiger partial charge in [0.25, 0.3) is 0 Å². The molecule has 3 heteroatoms. The summed E-state index contributed by atoms with van der Waals surface area (Å²) in [6.07, 6.45) is 0. The summed E-state index contributed by atoms with van der Waals surface area (Å²) >= 11 is 0. The van der Waals surface area contributed by atoms with Crippen molar-refractivity contribution in [3.05, 3.63) is 59.2 Å². The molecule has 0 spiro atoms. The maximum Gasteiger partial charge on any atom is 0.145 e. The SMILES string of the molecule is Cc1ccc(C#N)c(Oc2ccccc2C#N)c1. The Morgan fingerprint density at radius 2 is 1.56 bits per heavy atom. The zero-order valence-electron chi connectivity index (χ0n) is 9.84. The van der Waals surface area contributed by atoms with E-state index in [2.05, 4.69) is 12.1 Å². The molecule has 2 rings (SSSR count). The molecule has 2 aromatic carbocycles. The summed E-state index contributed by atoms with van der Waals surface area (Å²) in [7, 11) is 0. The van der Waals surface area contributed by atoms with Crippen molar-refractivity contribution in [2.75, 3.05) is 0 Å². The Kier molecular flexibility index (Phi) is 3.27. The molecular formula is C15H10N2O. The molecule has 0 saturated heterocycles. The van der Waals surface area contributed by atoms with Crippen LogP contribution < -0.4 is 4.74 Å². The number of hydrogen-bond donors (Lipinski definition) is 0. The van der Waals surface area contributed by atoms with Crippen molar-refractivity contribution in [2.45, 2.75) is 6.92 Å². The molecule has 0 saturated carbocycles. The molecule has 0 heterocycles. The molecule has 0 aromatic heterocycles. The van der Waals surface area contributed by atoms with Gasteiger partial charge in [-0.25, -0.2) is 0 Å². The first-order valence-corrected chi connectivity index (χ1v) is 5.42. The molecule has 0 aliphatic carbocycles. The minimum atomic E-state index is 0.447. The number of nitrogens with zero attached hydrogens (tertiary/aromatic N) is 2. The number of para-hydroxylation sites is 1. The molecule has 18 heavy (non-hydrogen) atoms. The van der Waals surface area contributed by atoms with E-state index < -0.39 is 0 Å². The lowest BCUT2D eigenvalue weighted by atomic mass is 10.1. The fourth-order valence-corrected chi connectivity index (χ4v) is 1.57. The highest BCUT2D eigenvalue weighted by atomic mass is 16.5. The molecule has 3 nitrogen and oxygen atoms in total. The molecule has 0 N–H and O–H groups in total. The van der Waals surface area contributed by atoms with Crippen molar-refractivity contribution < 1.29 is 4.74 Å². The summed E-state index contributed by atoms with van der Waals surface area (Å²) in [5.41, 5.74) is 1.90. The topological polar surface area (TPSA) is 56.8 Å². The average molecular weight is 234 g/mol. The molecule has 0 aliphatic rings. The van der Waals surface area contributed by atoms with Crippen LogP contribution in [0.1, 0.15) is 16.7 Å². The van der Waals surface area contributed by atoms with Gasteiger partial charge in [-0.05, 0) is 36.8 Å². The Labute approximate surface area is 105 Å². The Morgan fingerprint density at radius 3 is 2.28 bits per heavy atom. The van der Waals surface area contributed by atoms with Gasteiger partial charge in [-0.15, -0.1) is 0 Å². The monoisotopic (exact) mass is 234 g/mol. The van der Waals surface area contributed by atoms with Crippen molar-refractivity contribution in [1.82, 2.24) is 0 Å². The largest absolute Gasteiger partial charge is 0.455 e. The molecule has 0 aliphatic heterocycles. The molecule has 0 fully saturated rings. The van der Waals surface area contributed by atoms with Crippen LogP contribution in [0.4, 0.5) is 0 Å². The van der Waals surface area contributed by atoms with Crippen LogP contribution in [-0.4, -0.2) is 0 Å². The minimum absolute atomic E-state index is 0.447. The normalized spacial score (nSPS) is 9.28. The summed E-state index contributed by atoms with van der Waals surface area (Å²) < 4.78 is 5.66. The number of rotatable bonds is 2. The van der Waals surface area contributed by atoms with Gasteiger partial charge < -0.3 is 4.74 Å². The molecule has 2 aromatic rings. The van der Waals surface area contributed by atoms with E-state index in [-0.39, 0.29) is 0 Å². The number of aryl methyl sites for hydroxylation is 1. The van der Waals surface area contributed by atoms with E-state index in [1.807, 2.05) is 13.0 Å². The Hall–Kier alpha value is -2.78. The van der Waals surface area contributed by atoms with Crippen LogP contribution in [0.2, 0.25) is 0 Å². The van der Waals surface area contributed by atoms with Crippen LogP contribution in [-0.2, 0) is 0 Å². The molecule has 0 atom stereocenters. The lowest BCUT2D eigenvalue weighted by Gasteiger charge is -2.09. The average Bonchev–Trinajstić information content (AvgIpc) is 2.40. The summed E-state index contributed by atoms with van der Waals surface area (Å²) in [5.74, 6) is 0.933. The second kappa shape index (κ2) is 5.03. The fraction of sp³-hybridized carbons (Fsp3) is 0.0667. The van der Waals surface area contributed by atoms with E-state index in [9.17, 15) is 0 Å². The quantitative estimate of drug-likeness (QED) is 0.798. The van der Waals surface area contributed by atoms with Gasteiger partial charge in [-0.1, -0.05) is 18.2 Å². The highest BCUT2D eigenvalue weighted by Crippen LogP contribution is 2.28. The van der Waals surface area contributed by atoms with Crippen molar-refractivity contribution in [3.8, 4) is 23.6 Å². The lowest BCUT2D eigenvalue weighted by Crippen LogP contribution is -1.91. The van der Waals surface area contributed by atoms with Crippen LogP contribution in [0.15, 0.2) is 42.5 Å². The summed E-state index contributed by atoms with van der Waals surface area (Å²) in [6.45, 7) is 1.92. The number of benzene rings is 2. The predicted octanol–water partition coefficient (Wildman–Crippen LogP) is 3.53. The number of nitriles is 2. The maximum absolute atomic E-state index is 9.02. The second-order valence-electron chi connectivity index (χ2n) is 3.82. The zero-order chi connectivity index (χ0) is 13.0. The van der Waals surface area contributed by atoms with Gasteiger partial charge in [0, 0.05) is 0 Å². The van der Waals surface area contributed by atoms with E-state index >= 15 is 0 Å². The molecule has 86 valence electrons. The van der Waals surface area contributed by atoms with Gasteiger partial charge >= 0.3 is 0 Å². The van der Waals surface area contributed by atoms with Crippen molar-refractivity contribution >= 4 is 0 Å². The zero-order valence-corrected chi connectivity index (χ0v) is 9.84. The third kappa shape index (κ3) is 2.31. The smallest absolute Gasteiger partial charge is 0.145 e. The van der Waals surface area contributed by atoms with Gasteiger partial charge in [-0.3, -0.25) is 0 Å². The standard InChI is InChI=1S/C15H10N2O/c1-11-6-7-13(10-17)15(8-11)18-14-5-3-2-4-12(14)9-16/h2-8H,1H3. The van der Waals surface area contributed by atoms with Crippen LogP contribution in [0.25, 0.3) is 0 Å². The molecule has 0 bridgehead atoms. The maximum atomic E-state index is 9.02. The minimum Gasteiger partial charge on any atom is -0.455 e. The van der Waals surface area contributed by atoms with E-state index in [1.165, 1.54) is 0 Å². The van der Waals surface area contributed by atoms with Crippen LogP contribution in [0, 0.1) is 29.6 Å². The molecule has 0 radical (unpaired) electrons. The summed E-state index contributed by atoms with van der Waals surface area (Å²) in [4.78, 5) is 0. The highest BCUT2D eigenvalue weighted by Gasteiger charge is 2.08. The van der Waals surface area contributed by atoms with Crippen molar-refractivity contribution in [2.24, 2.45) is 0 Å². The van der Waals surface area contributed by atoms with Crippen LogP contribution >= 0.6 is 0 Å². The van der Waals surface area contributed by atoms with Crippen LogP contribution in [0.5, 0.6) is 11.5 Å². The van der Waals surface area contributed by atoms with Crippen molar-refractivity contribution in [3.63, 3.8) is 0 Å². The van der Waals surface area contributed by atoms with E-state index in [1.54, 1.807) is 36.4 Å². The molecule has 0 unspecified atom stereocenters. The third-order valence-corrected chi connectivity index (χ3v) is 2.48. The van der Waals surface area contributed by atoms with E-state index in [4.69, 9.17) is 15.3 Å². The second-order valence-corrected chi connectivity index (χ2v) is 3.82. The molecular weight excluding hydrogens is 224 g/mol. The van der Waals surface area contributed by atoms with Crippen molar-refractivity contribution in [1.29, 1.82) is 10.5 Å². The van der Waals surface area contributed by atoms with E-state index in [0.29, 0.717) is 22.6 Å². The molecule has 0 amide bonds. The highest BCUT2D eigenvalue weighted by molar-refractivity contribution is 5.50. The van der Waals surface area contributed by atoms with Gasteiger partial charge in [0.05, 0.1) is 11.1 Å². The Morgan fingerprint density at radius 1 is 0.889 bits per heavy atom. The first-order valence-electron chi connectivity index (χ1n) is 5.42. The lowest BCUT2D eigenvalue weighted by molar-refractivity contribution is 0.479. The fourth-order valence-electron chi connectivity index (χ4n) is 1.57. The first-order chi connectivity index (χ1) is 8.74. The van der Waals surface area contributed by atoms with Gasteiger partial charge in [0.2, 0.25) is 0 Å². The predicted molar refractivity (Wildman–Crippen MR) is 67.1 cm³/mol. The Bertz CT molecular complexity index is 663. The Balaban J connectivity index is 2.44. The number of hydrogen-bond acceptors (Lipinski definition) is 3. The first kappa shape index (κ1) is 11.7. The summed E-state index contributed by atoms with van der Waals surface area (Å²) in [5, 5.41) is 18.0. The van der Waals surface area contributed by atoms with Gasteiger partial charge in [0.1, 0.15) is 23.6 Å². The van der Waals surface area contributed by atoms with E-state index in [0.717, 1.165) is 5.56 Å². The third-order valence-electron chi connectivity index (χ3n) is 2.48. The van der Waals surface area contributed by atoms with Crippen LogP contribution in [0.3, 0.4) is 0 Å². The number of ether oxygens (including phenoxy) is 1. The summed E-state index contributed by atoms with van der Waals surface area (Å²) in [6, 6.07) is 16.4. The van der Waals surface area contributed by atoms with Gasteiger partial charge in [0.15, 0.2) is 0 Å².